The summed E-state index contributed by atoms with van der Waals surface area (Å²) in [5.41, 5.74) is 2.98. The van der Waals surface area contributed by atoms with E-state index >= 15 is 0 Å². The second-order valence-corrected chi connectivity index (χ2v) is 6.41. The Balaban J connectivity index is 1.89. The zero-order valence-corrected chi connectivity index (χ0v) is 12.7. The van der Waals surface area contributed by atoms with Gasteiger partial charge in [-0.25, -0.2) is 0 Å². The molecule has 0 amide bonds. The van der Waals surface area contributed by atoms with Crippen molar-refractivity contribution in [3.05, 3.63) is 36.0 Å². The van der Waals surface area contributed by atoms with Gasteiger partial charge in [0.2, 0.25) is 0 Å². The van der Waals surface area contributed by atoms with Crippen LogP contribution in [0.1, 0.15) is 39.2 Å². The van der Waals surface area contributed by atoms with Crippen LogP contribution in [-0.2, 0) is 6.54 Å². The minimum absolute atomic E-state index is 0.233. The first-order chi connectivity index (χ1) is 8.97. The van der Waals surface area contributed by atoms with Gasteiger partial charge >= 0.3 is 0 Å². The van der Waals surface area contributed by atoms with Gasteiger partial charge in [0.15, 0.2) is 0 Å². The number of unbranched alkanes of at least 4 members (excludes halogenated alkanes) is 1. The summed E-state index contributed by atoms with van der Waals surface area (Å²) in [6.07, 6.45) is 4.73. The molecule has 0 unspecified atom stereocenters. The maximum Gasteiger partial charge on any atom is 0.0483 e. The number of aromatic nitrogens is 1. The fourth-order valence-electron chi connectivity index (χ4n) is 2.49. The third kappa shape index (κ3) is 3.84. The molecule has 0 aliphatic rings. The molecule has 0 saturated heterocycles. The summed E-state index contributed by atoms with van der Waals surface area (Å²) in [4.78, 5) is 0. The van der Waals surface area contributed by atoms with E-state index in [1.807, 2.05) is 0 Å². The van der Waals surface area contributed by atoms with Crippen LogP contribution in [0.15, 0.2) is 30.5 Å². The summed E-state index contributed by atoms with van der Waals surface area (Å²) < 4.78 is 2.39. The highest BCUT2D eigenvalue weighted by Gasteiger charge is 2.07. The van der Waals surface area contributed by atoms with Crippen LogP contribution in [0.25, 0.3) is 10.9 Å². The molecule has 1 N–H and O–H groups in total. The highest BCUT2D eigenvalue weighted by atomic mass is 15.0. The van der Waals surface area contributed by atoms with Crippen LogP contribution in [0, 0.1) is 6.92 Å². The van der Waals surface area contributed by atoms with Gasteiger partial charge in [0, 0.05) is 29.2 Å². The number of benzene rings is 1. The van der Waals surface area contributed by atoms with E-state index in [1.165, 1.54) is 29.3 Å². The Hall–Kier alpha value is -1.28. The number of hydrogen-bond acceptors (Lipinski definition) is 1. The molecule has 1 aromatic heterocycles. The highest BCUT2D eigenvalue weighted by molar-refractivity contribution is 5.83. The third-order valence-corrected chi connectivity index (χ3v) is 3.47. The molecular weight excluding hydrogens is 232 g/mol. The molecule has 0 radical (unpaired) electrons. The average molecular weight is 258 g/mol. The van der Waals surface area contributed by atoms with E-state index in [4.69, 9.17) is 0 Å². The lowest BCUT2D eigenvalue weighted by atomic mass is 10.1. The predicted octanol–water partition coefficient (Wildman–Crippen LogP) is 4.12. The monoisotopic (exact) mass is 258 g/mol. The minimum Gasteiger partial charge on any atom is -0.347 e. The van der Waals surface area contributed by atoms with Crippen molar-refractivity contribution in [1.29, 1.82) is 0 Å². The zero-order valence-electron chi connectivity index (χ0n) is 12.7. The standard InChI is InChI=1S/C17H26N2/c1-14-13-19(16-10-6-5-9-15(14)16)12-8-7-11-18-17(2,3)4/h5-6,9-10,13,18H,7-8,11-12H2,1-4H3. The first kappa shape index (κ1) is 14.1. The SMILES string of the molecule is Cc1cn(CCCCNC(C)(C)C)c2ccccc12. The number of hydrogen-bond donors (Lipinski definition) is 1. The average Bonchev–Trinajstić information content (AvgIpc) is 2.65. The molecule has 0 bridgehead atoms. The number of rotatable bonds is 5. The van der Waals surface area contributed by atoms with Gasteiger partial charge in [-0.15, -0.1) is 0 Å². The topological polar surface area (TPSA) is 17.0 Å². The van der Waals surface area contributed by atoms with Gasteiger partial charge in [0.25, 0.3) is 0 Å². The molecule has 1 aromatic carbocycles. The van der Waals surface area contributed by atoms with E-state index < -0.39 is 0 Å². The van der Waals surface area contributed by atoms with Crippen LogP contribution >= 0.6 is 0 Å². The zero-order chi connectivity index (χ0) is 13.9. The van der Waals surface area contributed by atoms with Crippen molar-refractivity contribution in [2.24, 2.45) is 0 Å². The van der Waals surface area contributed by atoms with E-state index in [2.05, 4.69) is 68.0 Å². The number of aryl methyl sites for hydroxylation is 2. The third-order valence-electron chi connectivity index (χ3n) is 3.47. The molecule has 0 spiro atoms. The van der Waals surface area contributed by atoms with Crippen molar-refractivity contribution >= 4 is 10.9 Å². The van der Waals surface area contributed by atoms with Crippen LogP contribution in [0.5, 0.6) is 0 Å². The van der Waals surface area contributed by atoms with Crippen molar-refractivity contribution in [3.8, 4) is 0 Å². The van der Waals surface area contributed by atoms with Gasteiger partial charge in [-0.1, -0.05) is 18.2 Å². The molecule has 0 saturated carbocycles. The van der Waals surface area contributed by atoms with Crippen molar-refractivity contribution in [2.45, 2.75) is 52.6 Å². The lowest BCUT2D eigenvalue weighted by molar-refractivity contribution is 0.415. The molecule has 19 heavy (non-hydrogen) atoms. The number of fused-ring (bicyclic) bond motifs is 1. The van der Waals surface area contributed by atoms with Crippen LogP contribution in [0.2, 0.25) is 0 Å². The van der Waals surface area contributed by atoms with Gasteiger partial charge in [-0.2, -0.15) is 0 Å². The molecule has 104 valence electrons. The second-order valence-electron chi connectivity index (χ2n) is 6.41. The Morgan fingerprint density at radius 1 is 1.11 bits per heavy atom. The van der Waals surface area contributed by atoms with Gasteiger partial charge in [-0.05, 0) is 58.7 Å². The van der Waals surface area contributed by atoms with Crippen LogP contribution in [-0.4, -0.2) is 16.7 Å². The molecular formula is C17H26N2. The first-order valence-electron chi connectivity index (χ1n) is 7.27. The summed E-state index contributed by atoms with van der Waals surface area (Å²) in [6.45, 7) is 11.1. The van der Waals surface area contributed by atoms with E-state index in [1.54, 1.807) is 0 Å². The first-order valence-corrected chi connectivity index (χ1v) is 7.27. The van der Waals surface area contributed by atoms with Crippen LogP contribution in [0.4, 0.5) is 0 Å². The smallest absolute Gasteiger partial charge is 0.0483 e. The Bertz CT molecular complexity index is 532. The minimum atomic E-state index is 0.233. The normalized spacial score (nSPS) is 12.2. The van der Waals surface area contributed by atoms with Crippen molar-refractivity contribution in [1.82, 2.24) is 9.88 Å². The Morgan fingerprint density at radius 2 is 1.84 bits per heavy atom. The van der Waals surface area contributed by atoms with E-state index in [0.29, 0.717) is 0 Å². The van der Waals surface area contributed by atoms with Gasteiger partial charge < -0.3 is 9.88 Å². The van der Waals surface area contributed by atoms with Crippen molar-refractivity contribution < 1.29 is 0 Å². The molecule has 0 atom stereocenters. The van der Waals surface area contributed by atoms with Crippen molar-refractivity contribution in [2.75, 3.05) is 6.54 Å². The molecule has 2 rings (SSSR count). The van der Waals surface area contributed by atoms with Gasteiger partial charge in [-0.3, -0.25) is 0 Å². The predicted molar refractivity (Wildman–Crippen MR) is 83.7 cm³/mol. The molecule has 2 nitrogen and oxygen atoms in total. The van der Waals surface area contributed by atoms with Gasteiger partial charge in [0.05, 0.1) is 0 Å². The van der Waals surface area contributed by atoms with Crippen LogP contribution in [0.3, 0.4) is 0 Å². The van der Waals surface area contributed by atoms with Crippen LogP contribution < -0.4 is 5.32 Å². The quantitative estimate of drug-likeness (QED) is 0.798. The summed E-state index contributed by atoms with van der Waals surface area (Å²) in [5.74, 6) is 0. The summed E-state index contributed by atoms with van der Waals surface area (Å²) in [5, 5.41) is 4.93. The fourth-order valence-corrected chi connectivity index (χ4v) is 2.49. The lowest BCUT2D eigenvalue weighted by Gasteiger charge is -2.20. The summed E-state index contributed by atoms with van der Waals surface area (Å²) in [7, 11) is 0. The van der Waals surface area contributed by atoms with Gasteiger partial charge in [0.1, 0.15) is 0 Å². The molecule has 0 fully saturated rings. The fraction of sp³-hybridized carbons (Fsp3) is 0.529. The summed E-state index contributed by atoms with van der Waals surface area (Å²) in [6, 6.07) is 8.67. The number of nitrogens with one attached hydrogen (secondary N) is 1. The Kier molecular flexibility index (Phi) is 4.31. The molecule has 2 aromatic rings. The number of nitrogens with zero attached hydrogens (tertiary/aromatic N) is 1. The van der Waals surface area contributed by atoms with E-state index in [9.17, 15) is 0 Å². The summed E-state index contributed by atoms with van der Waals surface area (Å²) >= 11 is 0. The maximum atomic E-state index is 3.54. The molecule has 0 aliphatic carbocycles. The van der Waals surface area contributed by atoms with Crippen molar-refractivity contribution in [3.63, 3.8) is 0 Å². The molecule has 0 aliphatic heterocycles. The molecule has 2 heteroatoms. The highest BCUT2D eigenvalue weighted by Crippen LogP contribution is 2.20. The Morgan fingerprint density at radius 3 is 2.58 bits per heavy atom. The number of para-hydroxylation sites is 1. The van der Waals surface area contributed by atoms with E-state index in [0.717, 1.165) is 13.1 Å². The molecule has 1 heterocycles. The maximum absolute atomic E-state index is 3.54. The lowest BCUT2D eigenvalue weighted by Crippen LogP contribution is -2.36. The Labute approximate surface area is 116 Å². The van der Waals surface area contributed by atoms with E-state index in [-0.39, 0.29) is 5.54 Å². The second kappa shape index (κ2) is 5.79. The largest absolute Gasteiger partial charge is 0.347 e.